The molecular formula is C21H25ClN4O2. The maximum Gasteiger partial charge on any atom is 0.237 e. The minimum Gasteiger partial charge on any atom is -0.372 e. The number of carbonyl (C=O) groups excluding carboxylic acids is 1. The first-order valence-corrected chi connectivity index (χ1v) is 10.3. The summed E-state index contributed by atoms with van der Waals surface area (Å²) in [6, 6.07) is 10.0. The van der Waals surface area contributed by atoms with Gasteiger partial charge < -0.3 is 14.5 Å². The van der Waals surface area contributed by atoms with Crippen LogP contribution in [0, 0.1) is 0 Å². The van der Waals surface area contributed by atoms with Crippen LogP contribution in [0.4, 0.5) is 5.82 Å². The van der Waals surface area contributed by atoms with E-state index in [9.17, 15) is 4.79 Å². The minimum atomic E-state index is -0.0471. The largest absolute Gasteiger partial charge is 0.372 e. The van der Waals surface area contributed by atoms with E-state index in [4.69, 9.17) is 26.3 Å². The third-order valence-electron chi connectivity index (χ3n) is 5.26. The number of anilines is 1. The number of fused-ring (bicyclic) bond motifs is 1. The van der Waals surface area contributed by atoms with Crippen molar-refractivity contribution in [3.05, 3.63) is 41.6 Å². The highest BCUT2D eigenvalue weighted by Crippen LogP contribution is 2.31. The SMILES string of the molecule is CC1CN(c2nc(-c3ccccc3)nc3c2CN(C(=O)CCl)CC3)CC(C)O1. The van der Waals surface area contributed by atoms with E-state index in [0.29, 0.717) is 19.5 Å². The van der Waals surface area contributed by atoms with Crippen LogP contribution < -0.4 is 4.90 Å². The number of halogens is 1. The number of carbonyl (C=O) groups is 1. The molecule has 0 radical (unpaired) electrons. The summed E-state index contributed by atoms with van der Waals surface area (Å²) >= 11 is 5.79. The van der Waals surface area contributed by atoms with E-state index in [1.165, 1.54) is 0 Å². The second-order valence-corrected chi connectivity index (χ2v) is 7.79. The molecule has 1 aromatic heterocycles. The van der Waals surface area contributed by atoms with E-state index in [1.54, 1.807) is 4.90 Å². The molecule has 1 amide bonds. The van der Waals surface area contributed by atoms with Gasteiger partial charge in [0.2, 0.25) is 5.91 Å². The fraction of sp³-hybridized carbons (Fsp3) is 0.476. The van der Waals surface area contributed by atoms with E-state index in [0.717, 1.165) is 41.6 Å². The molecule has 0 aliphatic carbocycles. The fourth-order valence-corrected chi connectivity index (χ4v) is 4.19. The summed E-state index contributed by atoms with van der Waals surface area (Å²) in [4.78, 5) is 26.1. The molecule has 7 heteroatoms. The number of rotatable bonds is 3. The van der Waals surface area contributed by atoms with E-state index >= 15 is 0 Å². The smallest absolute Gasteiger partial charge is 0.237 e. The van der Waals surface area contributed by atoms with Crippen LogP contribution in [0.25, 0.3) is 11.4 Å². The molecule has 3 heterocycles. The lowest BCUT2D eigenvalue weighted by atomic mass is 10.0. The molecule has 2 aliphatic rings. The number of alkyl halides is 1. The maximum absolute atomic E-state index is 12.2. The topological polar surface area (TPSA) is 58.6 Å². The Hall–Kier alpha value is -2.18. The Bertz CT molecular complexity index is 851. The van der Waals surface area contributed by atoms with Crippen LogP contribution in [0.3, 0.4) is 0 Å². The molecule has 1 aromatic carbocycles. The van der Waals surface area contributed by atoms with Gasteiger partial charge in [-0.3, -0.25) is 4.79 Å². The molecule has 2 aromatic rings. The minimum absolute atomic E-state index is 0.000749. The van der Waals surface area contributed by atoms with Gasteiger partial charge >= 0.3 is 0 Å². The van der Waals surface area contributed by atoms with Crippen molar-refractivity contribution in [2.24, 2.45) is 0 Å². The van der Waals surface area contributed by atoms with Gasteiger partial charge in [0.25, 0.3) is 0 Å². The highest BCUT2D eigenvalue weighted by atomic mass is 35.5. The van der Waals surface area contributed by atoms with Crippen molar-refractivity contribution < 1.29 is 9.53 Å². The summed E-state index contributed by atoms with van der Waals surface area (Å²) < 4.78 is 5.91. The molecule has 148 valence electrons. The van der Waals surface area contributed by atoms with Crippen molar-refractivity contribution in [2.75, 3.05) is 30.4 Å². The van der Waals surface area contributed by atoms with Crippen molar-refractivity contribution in [2.45, 2.75) is 39.0 Å². The Balaban J connectivity index is 1.78. The monoisotopic (exact) mass is 400 g/mol. The van der Waals surface area contributed by atoms with E-state index in [-0.39, 0.29) is 24.0 Å². The first-order chi connectivity index (χ1) is 13.5. The summed E-state index contributed by atoms with van der Waals surface area (Å²) in [7, 11) is 0. The molecule has 0 N–H and O–H groups in total. The molecule has 2 aliphatic heterocycles. The molecule has 0 spiro atoms. The summed E-state index contributed by atoms with van der Waals surface area (Å²) in [6.07, 6.45) is 0.959. The number of hydrogen-bond donors (Lipinski definition) is 0. The van der Waals surface area contributed by atoms with Gasteiger partial charge in [0, 0.05) is 37.2 Å². The standard InChI is InChI=1S/C21H25ClN4O2/c1-14-11-26(12-15(2)28-14)21-17-13-25(19(27)10-22)9-8-18(17)23-20(24-21)16-6-4-3-5-7-16/h3-7,14-15H,8-13H2,1-2H3. The number of ether oxygens (including phenoxy) is 1. The lowest BCUT2D eigenvalue weighted by molar-refractivity contribution is -0.129. The molecule has 0 bridgehead atoms. The quantitative estimate of drug-likeness (QED) is 0.741. The van der Waals surface area contributed by atoms with Crippen LogP contribution in [0.5, 0.6) is 0 Å². The van der Waals surface area contributed by atoms with Crippen molar-refractivity contribution in [1.29, 1.82) is 0 Å². The summed E-state index contributed by atoms with van der Waals surface area (Å²) in [6.45, 7) is 6.84. The number of amides is 1. The van der Waals surface area contributed by atoms with Gasteiger partial charge in [0.05, 0.1) is 24.4 Å². The van der Waals surface area contributed by atoms with Crippen LogP contribution in [0.2, 0.25) is 0 Å². The Labute approximate surface area is 170 Å². The van der Waals surface area contributed by atoms with Crippen molar-refractivity contribution in [3.63, 3.8) is 0 Å². The van der Waals surface area contributed by atoms with Crippen LogP contribution in [-0.4, -0.2) is 58.5 Å². The van der Waals surface area contributed by atoms with Gasteiger partial charge in [-0.25, -0.2) is 9.97 Å². The molecule has 2 unspecified atom stereocenters. The zero-order chi connectivity index (χ0) is 19.7. The number of aromatic nitrogens is 2. The van der Waals surface area contributed by atoms with Crippen LogP contribution in [0.1, 0.15) is 25.1 Å². The van der Waals surface area contributed by atoms with Crippen LogP contribution in [-0.2, 0) is 22.5 Å². The van der Waals surface area contributed by atoms with E-state index in [2.05, 4.69) is 18.7 Å². The van der Waals surface area contributed by atoms with E-state index in [1.807, 2.05) is 30.3 Å². The van der Waals surface area contributed by atoms with Gasteiger partial charge in [0.15, 0.2) is 5.82 Å². The number of morpholine rings is 1. The van der Waals surface area contributed by atoms with Gasteiger partial charge in [0.1, 0.15) is 11.7 Å². The lowest BCUT2D eigenvalue weighted by Crippen LogP contribution is -2.47. The van der Waals surface area contributed by atoms with Crippen molar-refractivity contribution in [1.82, 2.24) is 14.9 Å². The Morgan fingerprint density at radius 3 is 2.57 bits per heavy atom. The number of hydrogen-bond acceptors (Lipinski definition) is 5. The Morgan fingerprint density at radius 1 is 1.18 bits per heavy atom. The third kappa shape index (κ3) is 3.84. The Kier molecular flexibility index (Phi) is 5.51. The summed E-state index contributed by atoms with van der Waals surface area (Å²) in [5.74, 6) is 1.60. The lowest BCUT2D eigenvalue weighted by Gasteiger charge is -2.38. The molecule has 2 atom stereocenters. The molecule has 0 saturated carbocycles. The average Bonchev–Trinajstić information content (AvgIpc) is 2.72. The summed E-state index contributed by atoms with van der Waals surface area (Å²) in [5.41, 5.74) is 3.06. The zero-order valence-electron chi connectivity index (χ0n) is 16.3. The van der Waals surface area contributed by atoms with Gasteiger partial charge in [-0.2, -0.15) is 0 Å². The van der Waals surface area contributed by atoms with Crippen molar-refractivity contribution in [3.8, 4) is 11.4 Å². The molecule has 4 rings (SSSR count). The molecular weight excluding hydrogens is 376 g/mol. The first kappa shape index (κ1) is 19.2. The predicted molar refractivity (Wildman–Crippen MR) is 110 cm³/mol. The third-order valence-corrected chi connectivity index (χ3v) is 5.49. The van der Waals surface area contributed by atoms with Crippen LogP contribution in [0.15, 0.2) is 30.3 Å². The molecule has 28 heavy (non-hydrogen) atoms. The van der Waals surface area contributed by atoms with E-state index < -0.39 is 0 Å². The molecule has 1 saturated heterocycles. The highest BCUT2D eigenvalue weighted by molar-refractivity contribution is 6.27. The van der Waals surface area contributed by atoms with Gasteiger partial charge in [-0.1, -0.05) is 30.3 Å². The zero-order valence-corrected chi connectivity index (χ0v) is 17.0. The van der Waals surface area contributed by atoms with Crippen LogP contribution >= 0.6 is 11.6 Å². The average molecular weight is 401 g/mol. The summed E-state index contributed by atoms with van der Waals surface area (Å²) in [5, 5.41) is 0. The molecule has 6 nitrogen and oxygen atoms in total. The molecule has 1 fully saturated rings. The maximum atomic E-state index is 12.2. The van der Waals surface area contributed by atoms with Gasteiger partial charge in [-0.05, 0) is 13.8 Å². The second kappa shape index (κ2) is 8.05. The number of benzene rings is 1. The fourth-order valence-electron chi connectivity index (χ4n) is 4.02. The van der Waals surface area contributed by atoms with Gasteiger partial charge in [-0.15, -0.1) is 11.6 Å². The second-order valence-electron chi connectivity index (χ2n) is 7.52. The normalized spacial score (nSPS) is 22.1. The first-order valence-electron chi connectivity index (χ1n) is 9.74. The number of nitrogens with zero attached hydrogens (tertiary/aromatic N) is 4. The Morgan fingerprint density at radius 2 is 1.89 bits per heavy atom. The predicted octanol–water partition coefficient (Wildman–Crippen LogP) is 2.88. The highest BCUT2D eigenvalue weighted by Gasteiger charge is 2.30. The van der Waals surface area contributed by atoms with Crippen molar-refractivity contribution >= 4 is 23.3 Å².